The number of rotatable bonds is 4. The van der Waals surface area contributed by atoms with Crippen molar-refractivity contribution < 1.29 is 22.6 Å². The molecule has 0 spiro atoms. The zero-order valence-corrected chi connectivity index (χ0v) is 14.5. The van der Waals surface area contributed by atoms with E-state index in [-0.39, 0.29) is 22.2 Å². The quantitative estimate of drug-likeness (QED) is 0.528. The van der Waals surface area contributed by atoms with Gasteiger partial charge in [-0.25, -0.2) is 9.97 Å². The molecule has 1 N–H and O–H groups in total. The van der Waals surface area contributed by atoms with E-state index in [1.54, 1.807) is 12.1 Å². The summed E-state index contributed by atoms with van der Waals surface area (Å²) in [5, 5.41) is 14.2. The summed E-state index contributed by atoms with van der Waals surface area (Å²) in [5.74, 6) is 0.170. The summed E-state index contributed by atoms with van der Waals surface area (Å²) in [7, 11) is 1.45. The van der Waals surface area contributed by atoms with E-state index >= 15 is 0 Å². The van der Waals surface area contributed by atoms with Crippen LogP contribution >= 0.6 is 11.6 Å². The highest BCUT2D eigenvalue weighted by atomic mass is 35.5. The molecule has 140 valence electrons. The molecule has 0 fully saturated rings. The predicted molar refractivity (Wildman–Crippen MR) is 92.7 cm³/mol. The van der Waals surface area contributed by atoms with E-state index in [9.17, 15) is 18.4 Å². The molecule has 6 nitrogen and oxygen atoms in total. The van der Waals surface area contributed by atoms with Crippen LogP contribution in [0.4, 0.5) is 24.7 Å². The predicted octanol–water partition coefficient (Wildman–Crippen LogP) is 4.20. The Kier molecular flexibility index (Phi) is 5.04. The molecule has 0 aliphatic heterocycles. The van der Waals surface area contributed by atoms with Crippen LogP contribution in [-0.4, -0.2) is 17.1 Å². The minimum Gasteiger partial charge on any atom is -0.619 e. The Balaban J connectivity index is 2.07. The number of benzene rings is 1. The van der Waals surface area contributed by atoms with Crippen LogP contribution in [-0.2, 0) is 6.18 Å². The third-order valence-electron chi connectivity index (χ3n) is 3.51. The van der Waals surface area contributed by atoms with Crippen LogP contribution in [0.15, 0.2) is 48.8 Å². The second kappa shape index (κ2) is 7.28. The van der Waals surface area contributed by atoms with Gasteiger partial charge in [0.25, 0.3) is 0 Å². The van der Waals surface area contributed by atoms with Gasteiger partial charge in [-0.1, -0.05) is 11.6 Å². The number of ether oxygens (including phenoxy) is 1. The molecule has 0 radical (unpaired) electrons. The summed E-state index contributed by atoms with van der Waals surface area (Å²) in [4.78, 5) is 7.66. The summed E-state index contributed by atoms with van der Waals surface area (Å²) in [6, 6.07) is 8.10. The summed E-state index contributed by atoms with van der Waals surface area (Å²) in [5.41, 5.74) is -0.555. The molecule has 0 atom stereocenters. The highest BCUT2D eigenvalue weighted by Gasteiger charge is 2.34. The Labute approximate surface area is 156 Å². The van der Waals surface area contributed by atoms with Gasteiger partial charge in [0.1, 0.15) is 11.6 Å². The first-order valence-corrected chi connectivity index (χ1v) is 7.90. The molecular weight excluding hydrogens is 385 g/mol. The molecule has 0 aliphatic rings. The van der Waals surface area contributed by atoms with Crippen molar-refractivity contribution in [2.24, 2.45) is 0 Å². The molecule has 1 aromatic carbocycles. The summed E-state index contributed by atoms with van der Waals surface area (Å²) < 4.78 is 45.3. The lowest BCUT2D eigenvalue weighted by Gasteiger charge is -2.13. The number of aromatic nitrogens is 3. The number of nitrogens with zero attached hydrogens (tertiary/aromatic N) is 3. The van der Waals surface area contributed by atoms with Crippen molar-refractivity contribution in [2.45, 2.75) is 6.18 Å². The van der Waals surface area contributed by atoms with Crippen LogP contribution in [0.25, 0.3) is 11.4 Å². The lowest BCUT2D eigenvalue weighted by Crippen LogP contribution is -2.23. The Bertz CT molecular complexity index is 965. The van der Waals surface area contributed by atoms with Gasteiger partial charge in [0.2, 0.25) is 0 Å². The number of hydrogen-bond donors (Lipinski definition) is 1. The fraction of sp³-hybridized carbons (Fsp3) is 0.118. The van der Waals surface area contributed by atoms with Crippen LogP contribution in [0.2, 0.25) is 5.02 Å². The summed E-state index contributed by atoms with van der Waals surface area (Å²) >= 11 is 6.09. The minimum atomic E-state index is -4.68. The standard InChI is InChI=1S/C17H12ClF3N4O2/c1-27-11-2-3-12(18)13(8-11)22-15-9-14(17(19,20)21)23-16(24-15)10-4-6-25(26)7-5-10/h2-9H,1H3,(H,22,23,24). The Morgan fingerprint density at radius 1 is 1.11 bits per heavy atom. The second-order valence-electron chi connectivity index (χ2n) is 5.38. The summed E-state index contributed by atoms with van der Waals surface area (Å²) in [6.45, 7) is 0. The number of anilines is 2. The van der Waals surface area contributed by atoms with Crippen molar-refractivity contribution in [1.82, 2.24) is 9.97 Å². The van der Waals surface area contributed by atoms with E-state index in [4.69, 9.17) is 16.3 Å². The molecule has 0 amide bonds. The first-order chi connectivity index (χ1) is 12.8. The highest BCUT2D eigenvalue weighted by Crippen LogP contribution is 2.33. The topological polar surface area (TPSA) is 74.0 Å². The van der Waals surface area contributed by atoms with Crippen LogP contribution in [0.3, 0.4) is 0 Å². The van der Waals surface area contributed by atoms with Crippen molar-refractivity contribution in [2.75, 3.05) is 12.4 Å². The van der Waals surface area contributed by atoms with Crippen molar-refractivity contribution in [3.8, 4) is 17.1 Å². The maximum absolute atomic E-state index is 13.2. The van der Waals surface area contributed by atoms with Crippen LogP contribution in [0.1, 0.15) is 5.69 Å². The molecule has 0 saturated heterocycles. The first kappa shape index (κ1) is 18.7. The van der Waals surface area contributed by atoms with Gasteiger partial charge in [-0.3, -0.25) is 0 Å². The van der Waals surface area contributed by atoms with Gasteiger partial charge in [0.05, 0.1) is 17.8 Å². The summed E-state index contributed by atoms with van der Waals surface area (Å²) in [6.07, 6.45) is -2.39. The molecular formula is C17H12ClF3N4O2. The van der Waals surface area contributed by atoms with E-state index in [0.717, 1.165) is 18.5 Å². The van der Waals surface area contributed by atoms with Crippen molar-refractivity contribution >= 4 is 23.1 Å². The second-order valence-corrected chi connectivity index (χ2v) is 5.78. The number of hydrogen-bond acceptors (Lipinski definition) is 5. The van der Waals surface area contributed by atoms with E-state index in [0.29, 0.717) is 16.2 Å². The van der Waals surface area contributed by atoms with Gasteiger partial charge in [0, 0.05) is 29.8 Å². The lowest BCUT2D eigenvalue weighted by molar-refractivity contribution is -0.605. The van der Waals surface area contributed by atoms with Gasteiger partial charge < -0.3 is 15.3 Å². The maximum Gasteiger partial charge on any atom is 0.433 e. The normalized spacial score (nSPS) is 11.3. The Hall–Kier alpha value is -3.07. The number of alkyl halides is 3. The first-order valence-electron chi connectivity index (χ1n) is 7.52. The van der Waals surface area contributed by atoms with Crippen LogP contribution in [0.5, 0.6) is 5.75 Å². The molecule has 3 rings (SSSR count). The van der Waals surface area contributed by atoms with Crippen LogP contribution < -0.4 is 14.8 Å². The fourth-order valence-corrected chi connectivity index (χ4v) is 2.38. The smallest absolute Gasteiger partial charge is 0.433 e. The fourth-order valence-electron chi connectivity index (χ4n) is 2.21. The third kappa shape index (κ3) is 4.37. The van der Waals surface area contributed by atoms with Gasteiger partial charge in [-0.2, -0.15) is 17.9 Å². The highest BCUT2D eigenvalue weighted by molar-refractivity contribution is 6.33. The van der Waals surface area contributed by atoms with E-state index in [1.807, 2.05) is 0 Å². The lowest BCUT2D eigenvalue weighted by atomic mass is 10.2. The molecule has 10 heteroatoms. The zero-order valence-electron chi connectivity index (χ0n) is 13.8. The third-order valence-corrected chi connectivity index (χ3v) is 3.84. The molecule has 2 heterocycles. The van der Waals surface area contributed by atoms with Crippen molar-refractivity contribution in [3.05, 3.63) is 64.7 Å². The minimum absolute atomic E-state index is 0.110. The van der Waals surface area contributed by atoms with Gasteiger partial charge >= 0.3 is 6.18 Å². The largest absolute Gasteiger partial charge is 0.619 e. The number of methoxy groups -OCH3 is 1. The van der Waals surface area contributed by atoms with E-state index in [2.05, 4.69) is 15.3 Å². The average Bonchev–Trinajstić information content (AvgIpc) is 2.63. The molecule has 3 aromatic rings. The number of halogens is 4. The maximum atomic E-state index is 13.2. The number of pyridine rings is 1. The number of nitrogens with one attached hydrogen (secondary N) is 1. The molecule has 2 aromatic heterocycles. The zero-order chi connectivity index (χ0) is 19.6. The molecule has 0 bridgehead atoms. The van der Waals surface area contributed by atoms with Crippen LogP contribution in [0, 0.1) is 5.21 Å². The monoisotopic (exact) mass is 396 g/mol. The Morgan fingerprint density at radius 3 is 2.44 bits per heavy atom. The molecule has 0 saturated carbocycles. The molecule has 0 aliphatic carbocycles. The average molecular weight is 397 g/mol. The SMILES string of the molecule is COc1ccc(Cl)c(Nc2cc(C(F)(F)F)nc(-c3cc[n+]([O-])cc3)n2)c1. The van der Waals surface area contributed by atoms with Gasteiger partial charge in [-0.05, 0) is 12.1 Å². The molecule has 27 heavy (non-hydrogen) atoms. The van der Waals surface area contributed by atoms with Crippen molar-refractivity contribution in [1.29, 1.82) is 0 Å². The Morgan fingerprint density at radius 2 is 1.81 bits per heavy atom. The van der Waals surface area contributed by atoms with Crippen molar-refractivity contribution in [3.63, 3.8) is 0 Å². The van der Waals surface area contributed by atoms with Gasteiger partial charge in [0.15, 0.2) is 23.9 Å². The molecule has 0 unspecified atom stereocenters. The van der Waals surface area contributed by atoms with Gasteiger partial charge in [-0.15, -0.1) is 0 Å². The van der Waals surface area contributed by atoms with E-state index in [1.165, 1.54) is 25.3 Å². The van der Waals surface area contributed by atoms with E-state index < -0.39 is 11.9 Å².